The van der Waals surface area contributed by atoms with Gasteiger partial charge in [0.1, 0.15) is 17.1 Å². The zero-order chi connectivity index (χ0) is 33.1. The maximum absolute atomic E-state index is 12.9. The van der Waals surface area contributed by atoms with E-state index in [1.54, 1.807) is 14.2 Å². The molecule has 1 saturated heterocycles. The van der Waals surface area contributed by atoms with Crippen LogP contribution in [-0.2, 0) is 19.5 Å². The number of H-pyrrole nitrogens is 1. The van der Waals surface area contributed by atoms with E-state index in [1.165, 1.54) is 16.8 Å². The Morgan fingerprint density at radius 1 is 0.804 bits per heavy atom. The van der Waals surface area contributed by atoms with Gasteiger partial charge in [0, 0.05) is 18.7 Å². The highest BCUT2D eigenvalue weighted by Crippen LogP contribution is 2.44. The van der Waals surface area contributed by atoms with Crippen molar-refractivity contribution in [3.8, 4) is 11.5 Å². The zero-order valence-electron chi connectivity index (χ0n) is 27.5. The van der Waals surface area contributed by atoms with Gasteiger partial charge in [-0.25, -0.2) is 4.79 Å². The van der Waals surface area contributed by atoms with Gasteiger partial charge in [0.05, 0.1) is 33.0 Å². The monoisotopic (exact) mass is 643 g/mol. The van der Waals surface area contributed by atoms with E-state index in [9.17, 15) is 9.59 Å². The number of hydrogen-bond donors (Lipinski definition) is 1. The highest BCUT2D eigenvalue weighted by Gasteiger charge is 2.47. The Bertz CT molecular complexity index is 1660. The fraction of sp³-hybridized carbons (Fsp3) is 0.361. The normalized spacial score (nSPS) is 18.8. The average Bonchev–Trinajstić information content (AvgIpc) is 3.43. The lowest BCUT2D eigenvalue weighted by Gasteiger charge is -2.39. The molecule has 0 aliphatic carbocycles. The van der Waals surface area contributed by atoms with Gasteiger partial charge in [-0.2, -0.15) is 0 Å². The first-order valence-electron chi connectivity index (χ1n) is 15.4. The van der Waals surface area contributed by atoms with Crippen molar-refractivity contribution in [2.75, 3.05) is 20.8 Å². The van der Waals surface area contributed by atoms with Crippen molar-refractivity contribution in [2.45, 2.75) is 62.9 Å². The number of nitrogens with one attached hydrogen (secondary N) is 1. The van der Waals surface area contributed by atoms with Crippen LogP contribution in [0.2, 0.25) is 18.1 Å². The van der Waals surface area contributed by atoms with Crippen molar-refractivity contribution in [1.29, 1.82) is 0 Å². The van der Waals surface area contributed by atoms with Gasteiger partial charge in [-0.3, -0.25) is 14.3 Å². The first kappa shape index (κ1) is 33.4. The molecule has 2 heterocycles. The lowest BCUT2D eigenvalue weighted by molar-refractivity contribution is -0.0845. The minimum Gasteiger partial charge on any atom is -0.497 e. The Morgan fingerprint density at radius 2 is 1.35 bits per heavy atom. The van der Waals surface area contributed by atoms with Gasteiger partial charge in [0.25, 0.3) is 5.56 Å². The second kappa shape index (κ2) is 13.4. The Hall–Kier alpha value is -3.96. The number of rotatable bonds is 11. The largest absolute Gasteiger partial charge is 0.497 e. The van der Waals surface area contributed by atoms with Crippen molar-refractivity contribution in [3.05, 3.63) is 135 Å². The molecule has 4 aromatic rings. The lowest BCUT2D eigenvalue weighted by atomic mass is 9.80. The van der Waals surface area contributed by atoms with Crippen LogP contribution in [0.5, 0.6) is 11.5 Å². The molecule has 3 aromatic carbocycles. The van der Waals surface area contributed by atoms with Gasteiger partial charge >= 0.3 is 5.69 Å². The molecule has 0 unspecified atom stereocenters. The molecular formula is C36H43N2O7Si. The molecule has 1 fully saturated rings. The number of ether oxygens (including phenoxy) is 4. The van der Waals surface area contributed by atoms with Crippen LogP contribution in [0.4, 0.5) is 0 Å². The van der Waals surface area contributed by atoms with Gasteiger partial charge in [-0.05, 0) is 59.1 Å². The average molecular weight is 644 g/mol. The van der Waals surface area contributed by atoms with E-state index < -0.39 is 43.6 Å². The van der Waals surface area contributed by atoms with Crippen molar-refractivity contribution < 1.29 is 23.4 Å². The second-order valence-corrected chi connectivity index (χ2v) is 17.7. The highest BCUT2D eigenvalue weighted by molar-refractivity contribution is 6.74. The molecule has 0 bridgehead atoms. The lowest BCUT2D eigenvalue weighted by Crippen LogP contribution is -2.46. The van der Waals surface area contributed by atoms with E-state index in [0.29, 0.717) is 0 Å². The molecular weight excluding hydrogens is 600 g/mol. The van der Waals surface area contributed by atoms with Crippen molar-refractivity contribution in [2.24, 2.45) is 0 Å². The predicted molar refractivity (Wildman–Crippen MR) is 180 cm³/mol. The number of hydrogen-bond acceptors (Lipinski definition) is 7. The first-order chi connectivity index (χ1) is 21.9. The summed E-state index contributed by atoms with van der Waals surface area (Å²) in [5.74, 6) is 1.46. The van der Waals surface area contributed by atoms with Crippen LogP contribution in [-0.4, -0.2) is 50.9 Å². The summed E-state index contributed by atoms with van der Waals surface area (Å²) in [5.41, 5.74) is 0.628. The summed E-state index contributed by atoms with van der Waals surface area (Å²) >= 11 is 0. The number of benzene rings is 3. The van der Waals surface area contributed by atoms with E-state index in [1.807, 2.05) is 85.3 Å². The molecule has 1 aliphatic heterocycles. The summed E-state index contributed by atoms with van der Waals surface area (Å²) in [6.07, 6.45) is 1.54. The molecule has 1 aromatic heterocycles. The summed E-state index contributed by atoms with van der Waals surface area (Å²) in [6.45, 7) is 10.9. The molecule has 5 rings (SSSR count). The second-order valence-electron chi connectivity index (χ2n) is 12.9. The van der Waals surface area contributed by atoms with Crippen LogP contribution in [0.15, 0.2) is 101 Å². The third-order valence-electron chi connectivity index (χ3n) is 9.00. The SMILES string of the molecule is COc1ccc(C(OC[C@@H]2[CH][C@@H](O[Si](C)(C)C(C)(C)C)[C@H](n3ccc(=O)[nH]c3=O)O2)(c2ccccc2)c2ccc(OC)cc2)cc1. The number of methoxy groups -OCH3 is 2. The van der Waals surface area contributed by atoms with E-state index in [-0.39, 0.29) is 11.6 Å². The smallest absolute Gasteiger partial charge is 0.330 e. The van der Waals surface area contributed by atoms with Gasteiger partial charge in [-0.15, -0.1) is 0 Å². The van der Waals surface area contributed by atoms with Crippen LogP contribution in [0.1, 0.15) is 43.7 Å². The predicted octanol–water partition coefficient (Wildman–Crippen LogP) is 6.05. The molecule has 3 atom stereocenters. The van der Waals surface area contributed by atoms with E-state index in [2.05, 4.69) is 38.8 Å². The summed E-state index contributed by atoms with van der Waals surface area (Å²) in [7, 11) is 0.975. The van der Waals surface area contributed by atoms with Crippen molar-refractivity contribution in [1.82, 2.24) is 9.55 Å². The van der Waals surface area contributed by atoms with Gasteiger partial charge in [-0.1, -0.05) is 75.4 Å². The minimum absolute atomic E-state index is 0.0822. The molecule has 243 valence electrons. The Kier molecular flexibility index (Phi) is 9.74. The Morgan fingerprint density at radius 3 is 1.85 bits per heavy atom. The number of nitrogens with zero attached hydrogens (tertiary/aromatic N) is 1. The summed E-state index contributed by atoms with van der Waals surface area (Å²) < 4.78 is 32.7. The van der Waals surface area contributed by atoms with Crippen molar-refractivity contribution >= 4 is 8.32 Å². The molecule has 1 N–H and O–H groups in total. The van der Waals surface area contributed by atoms with Crippen LogP contribution in [0.3, 0.4) is 0 Å². The fourth-order valence-electron chi connectivity index (χ4n) is 5.45. The third-order valence-corrected chi connectivity index (χ3v) is 13.5. The summed E-state index contributed by atoms with van der Waals surface area (Å²) in [5, 5.41) is -0.0822. The fourth-order valence-corrected chi connectivity index (χ4v) is 6.68. The first-order valence-corrected chi connectivity index (χ1v) is 18.3. The summed E-state index contributed by atoms with van der Waals surface area (Å²) in [6, 6.07) is 27.0. The molecule has 0 saturated carbocycles. The molecule has 1 aliphatic rings. The highest BCUT2D eigenvalue weighted by atomic mass is 28.4. The van der Waals surface area contributed by atoms with Crippen LogP contribution < -0.4 is 20.7 Å². The van der Waals surface area contributed by atoms with Crippen molar-refractivity contribution in [3.63, 3.8) is 0 Å². The van der Waals surface area contributed by atoms with Gasteiger partial charge in [0.2, 0.25) is 0 Å². The molecule has 0 amide bonds. The Labute approximate surface area is 271 Å². The van der Waals surface area contributed by atoms with Crippen LogP contribution in [0.25, 0.3) is 0 Å². The third kappa shape index (κ3) is 6.76. The maximum atomic E-state index is 12.9. The summed E-state index contributed by atoms with van der Waals surface area (Å²) in [4.78, 5) is 27.2. The molecule has 1 radical (unpaired) electrons. The van der Waals surface area contributed by atoms with Gasteiger partial charge in [0.15, 0.2) is 14.5 Å². The van der Waals surface area contributed by atoms with E-state index in [4.69, 9.17) is 23.4 Å². The van der Waals surface area contributed by atoms with E-state index >= 15 is 0 Å². The molecule has 0 spiro atoms. The number of aromatic nitrogens is 2. The topological polar surface area (TPSA) is 101 Å². The van der Waals surface area contributed by atoms with Crippen LogP contribution >= 0.6 is 0 Å². The zero-order valence-corrected chi connectivity index (χ0v) is 28.5. The van der Waals surface area contributed by atoms with E-state index in [0.717, 1.165) is 28.2 Å². The number of aromatic amines is 1. The van der Waals surface area contributed by atoms with Gasteiger partial charge < -0.3 is 23.4 Å². The Balaban J connectivity index is 1.56. The van der Waals surface area contributed by atoms with Crippen LogP contribution in [0, 0.1) is 6.42 Å². The minimum atomic E-state index is -2.30. The standard InChI is InChI=1S/C36H43N2O7Si/c1-35(2,3)46(6,7)45-31-23-30(44-33(31)38-22-21-32(39)37-34(38)40)24-43-36(25-11-9-8-10-12-25,26-13-17-28(41-4)18-14-26)27-15-19-29(42-5)20-16-27/h8-23,30-31,33H,24H2,1-7H3,(H,37,39,40)/t30-,31+,33+/m0/s1. The molecule has 10 heteroatoms. The maximum Gasteiger partial charge on any atom is 0.330 e. The quantitative estimate of drug-likeness (QED) is 0.157. The molecule has 9 nitrogen and oxygen atoms in total. The molecule has 46 heavy (non-hydrogen) atoms.